The predicted molar refractivity (Wildman–Crippen MR) is 80.3 cm³/mol. The van der Waals surface area contributed by atoms with Crippen LogP contribution in [0.15, 0.2) is 36.4 Å². The molecule has 0 atom stereocenters. The zero-order valence-corrected chi connectivity index (χ0v) is 12.3. The smallest absolute Gasteiger partial charge is 0.129 e. The molecule has 106 valence electrons. The molecule has 20 heavy (non-hydrogen) atoms. The molecular weight excluding hydrogens is 276 g/mol. The van der Waals surface area contributed by atoms with Crippen LogP contribution < -0.4 is 9.64 Å². The monoisotopic (exact) mass is 292 g/mol. The zero-order valence-electron chi connectivity index (χ0n) is 11.5. The number of nitrogens with zero attached hydrogens (tertiary/aromatic N) is 2. The lowest BCUT2D eigenvalue weighted by molar-refractivity contribution is 0.277. The Labute approximate surface area is 123 Å². The van der Waals surface area contributed by atoms with Gasteiger partial charge in [-0.05, 0) is 18.2 Å². The van der Waals surface area contributed by atoms with Gasteiger partial charge < -0.3 is 14.7 Å². The summed E-state index contributed by atoms with van der Waals surface area (Å²) in [5.74, 6) is 1.60. The van der Waals surface area contributed by atoms with E-state index >= 15 is 0 Å². The molecule has 0 fully saturated rings. The molecule has 4 nitrogen and oxygen atoms in total. The van der Waals surface area contributed by atoms with Crippen LogP contribution in [0.1, 0.15) is 11.3 Å². The number of hydrogen-bond acceptors (Lipinski definition) is 4. The van der Waals surface area contributed by atoms with Gasteiger partial charge in [-0.25, -0.2) is 4.98 Å². The Bertz CT molecular complexity index is 590. The maximum atomic E-state index is 9.21. The van der Waals surface area contributed by atoms with Gasteiger partial charge in [0.1, 0.15) is 11.6 Å². The fourth-order valence-electron chi connectivity index (χ4n) is 1.97. The molecule has 0 unspecified atom stereocenters. The van der Waals surface area contributed by atoms with Crippen molar-refractivity contribution in [1.82, 2.24) is 4.98 Å². The van der Waals surface area contributed by atoms with Crippen LogP contribution in [0.3, 0.4) is 0 Å². The van der Waals surface area contributed by atoms with Crippen molar-refractivity contribution in [3.05, 3.63) is 52.7 Å². The van der Waals surface area contributed by atoms with Gasteiger partial charge in [-0.1, -0.05) is 29.8 Å². The van der Waals surface area contributed by atoms with Crippen LogP contribution in [0.2, 0.25) is 5.02 Å². The summed E-state index contributed by atoms with van der Waals surface area (Å²) in [5.41, 5.74) is 1.55. The number of para-hydroxylation sites is 1. The van der Waals surface area contributed by atoms with Gasteiger partial charge in [-0.15, -0.1) is 0 Å². The summed E-state index contributed by atoms with van der Waals surface area (Å²) in [7, 11) is 3.59. The minimum Gasteiger partial charge on any atom is -0.496 e. The number of aliphatic hydroxyl groups excluding tert-OH is 1. The van der Waals surface area contributed by atoms with Gasteiger partial charge in [0.05, 0.1) is 24.4 Å². The lowest BCUT2D eigenvalue weighted by atomic mass is 10.2. The molecule has 0 radical (unpaired) electrons. The quantitative estimate of drug-likeness (QED) is 0.920. The van der Waals surface area contributed by atoms with Gasteiger partial charge in [-0.2, -0.15) is 0 Å². The maximum Gasteiger partial charge on any atom is 0.129 e. The number of benzene rings is 1. The fourth-order valence-corrected chi connectivity index (χ4v) is 2.13. The highest BCUT2D eigenvalue weighted by Crippen LogP contribution is 2.23. The molecule has 0 aliphatic carbocycles. The standard InChI is InChI=1S/C15H17ClN2O2/c1-18(9-11-5-3-4-6-14(11)20-2)15-8-7-12(16)13(10-19)17-15/h3-8,19H,9-10H2,1-2H3. The van der Waals surface area contributed by atoms with E-state index in [1.807, 2.05) is 42.3 Å². The van der Waals surface area contributed by atoms with Crippen LogP contribution >= 0.6 is 11.6 Å². The lowest BCUT2D eigenvalue weighted by Gasteiger charge is -2.20. The number of aliphatic hydroxyl groups is 1. The van der Waals surface area contributed by atoms with E-state index in [2.05, 4.69) is 4.98 Å². The number of ether oxygens (including phenoxy) is 1. The minimum absolute atomic E-state index is 0.171. The van der Waals surface area contributed by atoms with Crippen molar-refractivity contribution in [3.8, 4) is 5.75 Å². The Balaban J connectivity index is 2.21. The van der Waals surface area contributed by atoms with E-state index in [0.29, 0.717) is 17.3 Å². The Kier molecular flexibility index (Phi) is 4.82. The maximum absolute atomic E-state index is 9.21. The Morgan fingerprint density at radius 1 is 1.25 bits per heavy atom. The third-order valence-electron chi connectivity index (χ3n) is 3.04. The number of pyridine rings is 1. The third-order valence-corrected chi connectivity index (χ3v) is 3.39. The molecule has 2 rings (SSSR count). The first kappa shape index (κ1) is 14.6. The van der Waals surface area contributed by atoms with E-state index in [9.17, 15) is 5.11 Å². The minimum atomic E-state index is -0.171. The first-order chi connectivity index (χ1) is 9.65. The molecule has 0 aliphatic heterocycles. The van der Waals surface area contributed by atoms with E-state index in [1.54, 1.807) is 13.2 Å². The average Bonchev–Trinajstić information content (AvgIpc) is 2.48. The largest absolute Gasteiger partial charge is 0.496 e. The SMILES string of the molecule is COc1ccccc1CN(C)c1ccc(Cl)c(CO)n1. The first-order valence-corrected chi connectivity index (χ1v) is 6.62. The van der Waals surface area contributed by atoms with Crippen LogP contribution in [0.5, 0.6) is 5.75 Å². The molecule has 1 heterocycles. The highest BCUT2D eigenvalue weighted by atomic mass is 35.5. The number of anilines is 1. The number of halogens is 1. The van der Waals surface area contributed by atoms with E-state index in [1.165, 1.54) is 0 Å². The van der Waals surface area contributed by atoms with Gasteiger partial charge in [0, 0.05) is 19.2 Å². The Morgan fingerprint density at radius 2 is 2.00 bits per heavy atom. The van der Waals surface area contributed by atoms with Crippen molar-refractivity contribution in [2.24, 2.45) is 0 Å². The second-order valence-electron chi connectivity index (χ2n) is 4.42. The molecule has 1 N–H and O–H groups in total. The lowest BCUT2D eigenvalue weighted by Crippen LogP contribution is -2.18. The Hall–Kier alpha value is -1.78. The van der Waals surface area contributed by atoms with Crippen LogP contribution in [0, 0.1) is 0 Å². The van der Waals surface area contributed by atoms with Crippen molar-refractivity contribution in [2.45, 2.75) is 13.2 Å². The molecule has 0 amide bonds. The first-order valence-electron chi connectivity index (χ1n) is 6.25. The summed E-state index contributed by atoms with van der Waals surface area (Å²) in [6.07, 6.45) is 0. The average molecular weight is 293 g/mol. The molecule has 0 saturated carbocycles. The highest BCUT2D eigenvalue weighted by molar-refractivity contribution is 6.31. The van der Waals surface area contributed by atoms with Gasteiger partial charge in [0.2, 0.25) is 0 Å². The molecule has 0 spiro atoms. The zero-order chi connectivity index (χ0) is 14.5. The summed E-state index contributed by atoms with van der Waals surface area (Å²) in [5, 5.41) is 9.69. The molecule has 0 saturated heterocycles. The molecule has 1 aromatic carbocycles. The molecular formula is C15H17ClN2O2. The highest BCUT2D eigenvalue weighted by Gasteiger charge is 2.09. The van der Waals surface area contributed by atoms with Crippen molar-refractivity contribution >= 4 is 17.4 Å². The van der Waals surface area contributed by atoms with Crippen molar-refractivity contribution < 1.29 is 9.84 Å². The molecule has 2 aromatic rings. The van der Waals surface area contributed by atoms with Crippen LogP contribution in [0.4, 0.5) is 5.82 Å². The van der Waals surface area contributed by atoms with Crippen molar-refractivity contribution in [2.75, 3.05) is 19.1 Å². The summed E-state index contributed by atoms with van der Waals surface area (Å²) < 4.78 is 5.34. The third kappa shape index (κ3) is 3.21. The topological polar surface area (TPSA) is 45.6 Å². The van der Waals surface area contributed by atoms with Gasteiger partial charge >= 0.3 is 0 Å². The van der Waals surface area contributed by atoms with Crippen molar-refractivity contribution in [1.29, 1.82) is 0 Å². The second-order valence-corrected chi connectivity index (χ2v) is 4.83. The van der Waals surface area contributed by atoms with E-state index in [4.69, 9.17) is 16.3 Å². The van der Waals surface area contributed by atoms with Crippen LogP contribution in [0.25, 0.3) is 0 Å². The Morgan fingerprint density at radius 3 is 2.70 bits per heavy atom. The molecule has 5 heteroatoms. The number of methoxy groups -OCH3 is 1. The number of rotatable bonds is 5. The summed E-state index contributed by atoms with van der Waals surface area (Å²) >= 11 is 5.95. The predicted octanol–water partition coefficient (Wildman–Crippen LogP) is 2.87. The van der Waals surface area contributed by atoms with Gasteiger partial charge in [-0.3, -0.25) is 0 Å². The van der Waals surface area contributed by atoms with Crippen LogP contribution in [-0.4, -0.2) is 24.2 Å². The fraction of sp³-hybridized carbons (Fsp3) is 0.267. The van der Waals surface area contributed by atoms with E-state index in [0.717, 1.165) is 17.1 Å². The summed E-state index contributed by atoms with van der Waals surface area (Å²) in [4.78, 5) is 6.33. The van der Waals surface area contributed by atoms with Gasteiger partial charge in [0.15, 0.2) is 0 Å². The molecule has 0 bridgehead atoms. The van der Waals surface area contributed by atoms with Crippen LogP contribution in [-0.2, 0) is 13.2 Å². The summed E-state index contributed by atoms with van der Waals surface area (Å²) in [6.45, 7) is 0.485. The van der Waals surface area contributed by atoms with E-state index < -0.39 is 0 Å². The second kappa shape index (κ2) is 6.59. The van der Waals surface area contributed by atoms with E-state index in [-0.39, 0.29) is 6.61 Å². The normalized spacial score (nSPS) is 10.4. The molecule has 1 aromatic heterocycles. The van der Waals surface area contributed by atoms with Gasteiger partial charge in [0.25, 0.3) is 0 Å². The van der Waals surface area contributed by atoms with Crippen molar-refractivity contribution in [3.63, 3.8) is 0 Å². The summed E-state index contributed by atoms with van der Waals surface area (Å²) in [6, 6.07) is 11.4. The number of aromatic nitrogens is 1. The number of hydrogen-bond donors (Lipinski definition) is 1. The molecule has 0 aliphatic rings.